The van der Waals surface area contributed by atoms with Gasteiger partial charge in [0.1, 0.15) is 5.82 Å². The minimum absolute atomic E-state index is 0.0453. The Morgan fingerprint density at radius 2 is 1.77 bits per heavy atom. The van der Waals surface area contributed by atoms with Gasteiger partial charge in [-0.05, 0) is 74.6 Å². The van der Waals surface area contributed by atoms with Gasteiger partial charge in [0.2, 0.25) is 15.9 Å². The number of fused-ring (bicyclic) bond motifs is 1. The summed E-state index contributed by atoms with van der Waals surface area (Å²) < 4.78 is 41.4. The first-order valence-corrected chi connectivity index (χ1v) is 12.0. The molecule has 8 heteroatoms. The minimum Gasteiger partial charge on any atom is -0.361 e. The monoisotopic (exact) mass is 443 g/mol. The van der Waals surface area contributed by atoms with E-state index in [2.05, 4.69) is 15.0 Å². The highest BCUT2D eigenvalue weighted by Gasteiger charge is 2.29. The van der Waals surface area contributed by atoms with Crippen LogP contribution in [-0.4, -0.2) is 25.4 Å². The molecule has 0 spiro atoms. The average Bonchev–Trinajstić information content (AvgIpc) is 3.22. The largest absolute Gasteiger partial charge is 0.361 e. The SMILES string of the molecule is CC(NC(=O)C1CCC(NS(=O)(=O)c2ccc3[nH]ccc3c2)CC1)c1ccc(F)cc1. The Kier molecular flexibility index (Phi) is 6.11. The fourth-order valence-corrected chi connectivity index (χ4v) is 5.47. The smallest absolute Gasteiger partial charge is 0.240 e. The van der Waals surface area contributed by atoms with Gasteiger partial charge in [-0.2, -0.15) is 0 Å². The molecule has 2 aromatic carbocycles. The van der Waals surface area contributed by atoms with E-state index in [0.29, 0.717) is 25.7 Å². The number of H-pyrrole nitrogens is 1. The third kappa shape index (κ3) is 4.97. The van der Waals surface area contributed by atoms with E-state index in [1.165, 1.54) is 12.1 Å². The second-order valence-corrected chi connectivity index (χ2v) is 9.89. The molecule has 1 aliphatic carbocycles. The van der Waals surface area contributed by atoms with Crippen molar-refractivity contribution in [2.75, 3.05) is 0 Å². The predicted molar refractivity (Wildman–Crippen MR) is 117 cm³/mol. The number of benzene rings is 2. The zero-order valence-electron chi connectivity index (χ0n) is 17.3. The number of carbonyl (C=O) groups excluding carboxylic acids is 1. The minimum atomic E-state index is -3.62. The summed E-state index contributed by atoms with van der Waals surface area (Å²) in [7, 11) is -3.62. The highest BCUT2D eigenvalue weighted by Crippen LogP contribution is 2.27. The van der Waals surface area contributed by atoms with Crippen LogP contribution in [0.4, 0.5) is 4.39 Å². The highest BCUT2D eigenvalue weighted by molar-refractivity contribution is 7.89. The second-order valence-electron chi connectivity index (χ2n) is 8.18. The Hall–Kier alpha value is -2.71. The summed E-state index contributed by atoms with van der Waals surface area (Å²) in [5.41, 5.74) is 1.73. The van der Waals surface area contributed by atoms with Crippen molar-refractivity contribution in [1.82, 2.24) is 15.0 Å². The van der Waals surface area contributed by atoms with E-state index >= 15 is 0 Å². The van der Waals surface area contributed by atoms with Crippen molar-refractivity contribution >= 4 is 26.8 Å². The van der Waals surface area contributed by atoms with Crippen LogP contribution in [0.5, 0.6) is 0 Å². The van der Waals surface area contributed by atoms with E-state index in [4.69, 9.17) is 0 Å². The van der Waals surface area contributed by atoms with E-state index in [9.17, 15) is 17.6 Å². The van der Waals surface area contributed by atoms with E-state index < -0.39 is 10.0 Å². The molecule has 0 saturated heterocycles. The van der Waals surface area contributed by atoms with E-state index in [0.717, 1.165) is 16.5 Å². The molecular formula is C23H26FN3O3S. The van der Waals surface area contributed by atoms with Crippen molar-refractivity contribution in [3.05, 3.63) is 66.1 Å². The van der Waals surface area contributed by atoms with Gasteiger partial charge in [0.05, 0.1) is 10.9 Å². The molecule has 3 aromatic rings. The van der Waals surface area contributed by atoms with E-state index in [-0.39, 0.29) is 34.6 Å². The van der Waals surface area contributed by atoms with Gasteiger partial charge in [-0.25, -0.2) is 17.5 Å². The van der Waals surface area contributed by atoms with Crippen molar-refractivity contribution in [2.45, 2.75) is 49.6 Å². The summed E-state index contributed by atoms with van der Waals surface area (Å²) in [4.78, 5) is 15.9. The summed E-state index contributed by atoms with van der Waals surface area (Å²) >= 11 is 0. The number of rotatable bonds is 6. The molecule has 0 radical (unpaired) electrons. The van der Waals surface area contributed by atoms with Crippen molar-refractivity contribution < 1.29 is 17.6 Å². The number of hydrogen-bond acceptors (Lipinski definition) is 3. The third-order valence-corrected chi connectivity index (χ3v) is 7.50. The van der Waals surface area contributed by atoms with Crippen LogP contribution in [-0.2, 0) is 14.8 Å². The lowest BCUT2D eigenvalue weighted by atomic mass is 9.85. The molecule has 1 aromatic heterocycles. The Labute approximate surface area is 181 Å². The Morgan fingerprint density at radius 3 is 2.48 bits per heavy atom. The predicted octanol–water partition coefficient (Wildman–Crippen LogP) is 4.02. The summed E-state index contributed by atoms with van der Waals surface area (Å²) in [5, 5.41) is 3.83. The fourth-order valence-electron chi connectivity index (χ4n) is 4.13. The Balaban J connectivity index is 1.31. The third-order valence-electron chi connectivity index (χ3n) is 5.98. The van der Waals surface area contributed by atoms with E-state index in [1.807, 2.05) is 13.0 Å². The highest BCUT2D eigenvalue weighted by atomic mass is 32.2. The van der Waals surface area contributed by atoms with Gasteiger partial charge in [-0.15, -0.1) is 0 Å². The van der Waals surface area contributed by atoms with E-state index in [1.54, 1.807) is 36.5 Å². The summed E-state index contributed by atoms with van der Waals surface area (Å²) in [6.45, 7) is 1.87. The zero-order valence-corrected chi connectivity index (χ0v) is 18.1. The lowest BCUT2D eigenvalue weighted by Gasteiger charge is -2.29. The molecule has 0 bridgehead atoms. The molecule has 3 N–H and O–H groups in total. The number of hydrogen-bond donors (Lipinski definition) is 3. The Bertz CT molecular complexity index is 1170. The molecule has 1 fully saturated rings. The van der Waals surface area contributed by atoms with Gasteiger partial charge < -0.3 is 10.3 Å². The van der Waals surface area contributed by atoms with Crippen LogP contribution in [0.1, 0.15) is 44.2 Å². The quantitative estimate of drug-likeness (QED) is 0.537. The molecule has 1 aliphatic rings. The van der Waals surface area contributed by atoms with Gasteiger partial charge >= 0.3 is 0 Å². The number of sulfonamides is 1. The van der Waals surface area contributed by atoms with Crippen LogP contribution >= 0.6 is 0 Å². The zero-order chi connectivity index (χ0) is 22.0. The molecule has 1 atom stereocenters. The van der Waals surface area contributed by atoms with Crippen molar-refractivity contribution in [3.63, 3.8) is 0 Å². The van der Waals surface area contributed by atoms with Gasteiger partial charge in [-0.1, -0.05) is 12.1 Å². The number of aromatic nitrogens is 1. The lowest BCUT2D eigenvalue weighted by Crippen LogP contribution is -2.41. The average molecular weight is 444 g/mol. The van der Waals surface area contributed by atoms with Crippen LogP contribution in [0.25, 0.3) is 10.9 Å². The summed E-state index contributed by atoms with van der Waals surface area (Å²) in [6, 6.07) is 12.5. The van der Waals surface area contributed by atoms with Crippen LogP contribution < -0.4 is 10.0 Å². The van der Waals surface area contributed by atoms with Crippen molar-refractivity contribution in [2.24, 2.45) is 5.92 Å². The Morgan fingerprint density at radius 1 is 1.06 bits per heavy atom. The molecule has 0 aliphatic heterocycles. The van der Waals surface area contributed by atoms with Gasteiger partial charge in [0.15, 0.2) is 0 Å². The van der Waals surface area contributed by atoms with Crippen LogP contribution in [0, 0.1) is 11.7 Å². The molecule has 1 saturated carbocycles. The first-order chi connectivity index (χ1) is 14.8. The molecule has 4 rings (SSSR count). The molecule has 1 heterocycles. The first-order valence-electron chi connectivity index (χ1n) is 10.5. The van der Waals surface area contributed by atoms with Crippen LogP contribution in [0.3, 0.4) is 0 Å². The first kappa shape index (κ1) is 21.5. The molecule has 6 nitrogen and oxygen atoms in total. The maximum absolute atomic E-state index is 13.1. The maximum Gasteiger partial charge on any atom is 0.240 e. The molecule has 1 unspecified atom stereocenters. The van der Waals surface area contributed by atoms with Crippen LogP contribution in [0.15, 0.2) is 59.6 Å². The van der Waals surface area contributed by atoms with Gasteiger partial charge in [0.25, 0.3) is 0 Å². The van der Waals surface area contributed by atoms with Gasteiger partial charge in [-0.3, -0.25) is 4.79 Å². The van der Waals surface area contributed by atoms with Crippen LogP contribution in [0.2, 0.25) is 0 Å². The lowest BCUT2D eigenvalue weighted by molar-refractivity contribution is -0.126. The van der Waals surface area contributed by atoms with Gasteiger partial charge in [0, 0.05) is 29.1 Å². The number of halogens is 1. The number of carbonyl (C=O) groups is 1. The van der Waals surface area contributed by atoms with Crippen molar-refractivity contribution in [1.29, 1.82) is 0 Å². The molecule has 1 amide bonds. The normalized spacial score (nSPS) is 20.5. The molecular weight excluding hydrogens is 417 g/mol. The number of nitrogens with one attached hydrogen (secondary N) is 3. The molecule has 31 heavy (non-hydrogen) atoms. The standard InChI is InChI=1S/C23H26FN3O3S/c1-15(16-2-6-19(24)7-3-16)26-23(28)17-4-8-20(9-5-17)27-31(29,30)21-10-11-22-18(14-21)12-13-25-22/h2-3,6-7,10-15,17,20,25,27H,4-5,8-9H2,1H3,(H,26,28). The summed E-state index contributed by atoms with van der Waals surface area (Å²) in [5.74, 6) is -0.507. The summed E-state index contributed by atoms with van der Waals surface area (Å²) in [6.07, 6.45) is 4.22. The van der Waals surface area contributed by atoms with Crippen molar-refractivity contribution in [3.8, 4) is 0 Å². The molecule has 164 valence electrons. The maximum atomic E-state index is 13.1. The topological polar surface area (TPSA) is 91.1 Å². The number of aromatic amines is 1. The fraction of sp³-hybridized carbons (Fsp3) is 0.348. The number of amides is 1. The second kappa shape index (κ2) is 8.80.